The Morgan fingerprint density at radius 1 is 1.18 bits per heavy atom. The molecule has 0 heterocycles. The Morgan fingerprint density at radius 3 is 1.18 bits per heavy atom. The maximum Gasteiger partial charge on any atom is 1.00 e. The molecule has 56 valence electrons. The summed E-state index contributed by atoms with van der Waals surface area (Å²) >= 11 is 0. The molecule has 0 aliphatic rings. The Kier molecular flexibility index (Phi) is 22.9. The molecule has 0 aliphatic heterocycles. The second kappa shape index (κ2) is 11.1. The molecule has 8 nitrogen and oxygen atoms in total. The fourth-order valence-electron chi connectivity index (χ4n) is 0. The molecule has 1 N–H and O–H groups in total. The maximum atomic E-state index is 8.52. The van der Waals surface area contributed by atoms with Crippen molar-refractivity contribution in [2.24, 2.45) is 0 Å². The first-order valence-corrected chi connectivity index (χ1v) is 2.57. The van der Waals surface area contributed by atoms with Crippen molar-refractivity contribution in [2.75, 3.05) is 0 Å². The molecule has 11 heavy (non-hydrogen) atoms. The van der Waals surface area contributed by atoms with Crippen LogP contribution in [0.25, 0.3) is 0 Å². The normalized spacial score (nSPS) is 7.45. The second-order valence-corrected chi connectivity index (χ2v) is 1.46. The monoisotopic (exact) mass is 205 g/mol. The van der Waals surface area contributed by atoms with Gasteiger partial charge in [-0.15, -0.1) is 10.1 Å². The van der Waals surface area contributed by atoms with Crippen LogP contribution in [0.5, 0.6) is 0 Å². The summed E-state index contributed by atoms with van der Waals surface area (Å²) in [4.78, 5) is 8.36. The van der Waals surface area contributed by atoms with Crippen LogP contribution in [-0.4, -0.2) is 27.8 Å². The van der Waals surface area contributed by atoms with Crippen molar-refractivity contribution < 1.29 is 86.9 Å². The minimum Gasteiger partial charge on any atom is -0.759 e. The number of hydrogen-bond donors (Lipinski definition) is 1. The van der Waals surface area contributed by atoms with Crippen LogP contribution in [-0.2, 0) is 10.4 Å². The van der Waals surface area contributed by atoms with Gasteiger partial charge in [-0.05, 0) is 0 Å². The zero-order valence-corrected chi connectivity index (χ0v) is 10.6. The van der Waals surface area contributed by atoms with Gasteiger partial charge in [-0.3, -0.25) is 8.42 Å². The standard InChI is InChI=1S/HNO3.2Na.H2O4S/c2-1(3)4;;;1-5(2,3)4/h(H,2,3,4);;;(H2,1,2,3,4)/q;2*+1;/p-2. The molecule has 0 radical (unpaired) electrons. The molecule has 0 amide bonds. The van der Waals surface area contributed by atoms with E-state index in [-0.39, 0.29) is 59.1 Å². The van der Waals surface area contributed by atoms with Crippen molar-refractivity contribution in [2.45, 2.75) is 0 Å². The van der Waals surface area contributed by atoms with Gasteiger partial charge in [-0.2, -0.15) is 0 Å². The average molecular weight is 205 g/mol. The molecule has 0 aromatic heterocycles. The van der Waals surface area contributed by atoms with Crippen molar-refractivity contribution in [3.05, 3.63) is 10.1 Å². The van der Waals surface area contributed by atoms with Crippen molar-refractivity contribution in [3.63, 3.8) is 0 Å². The van der Waals surface area contributed by atoms with E-state index in [4.69, 9.17) is 32.8 Å². The number of nitrogens with zero attached hydrogens (tertiary/aromatic N) is 1. The summed E-state index contributed by atoms with van der Waals surface area (Å²) in [6.07, 6.45) is 0. The van der Waals surface area contributed by atoms with Crippen molar-refractivity contribution in [3.8, 4) is 0 Å². The molecule has 0 unspecified atom stereocenters. The van der Waals surface area contributed by atoms with Gasteiger partial charge in [0, 0.05) is 10.4 Å². The molecule has 0 aromatic rings. The van der Waals surface area contributed by atoms with Crippen LogP contribution < -0.4 is 59.1 Å². The van der Waals surface area contributed by atoms with Crippen LogP contribution in [0.4, 0.5) is 0 Å². The van der Waals surface area contributed by atoms with E-state index in [0.717, 1.165) is 0 Å². The van der Waals surface area contributed by atoms with Crippen LogP contribution in [0.2, 0.25) is 0 Å². The fourth-order valence-corrected chi connectivity index (χ4v) is 0. The quantitative estimate of drug-likeness (QED) is 0.136. The van der Waals surface area contributed by atoms with Gasteiger partial charge in [0.1, 0.15) is 0 Å². The smallest absolute Gasteiger partial charge is 0.759 e. The minimum absolute atomic E-state index is 0. The SMILES string of the molecule is O=S(=O)([O-])[O-].O=[N+]([O-])O.[Na+].[Na+]. The Balaban J connectivity index is -0.0000000383. The van der Waals surface area contributed by atoms with Gasteiger partial charge in [0.25, 0.3) is 5.09 Å². The Bertz CT molecular complexity index is 159. The third-order valence-corrected chi connectivity index (χ3v) is 0. The zero-order chi connectivity index (χ0) is 8.08. The summed E-state index contributed by atoms with van der Waals surface area (Å²) in [5.74, 6) is 0. The first kappa shape index (κ1) is 22.7. The van der Waals surface area contributed by atoms with E-state index in [2.05, 4.69) is 0 Å². The largest absolute Gasteiger partial charge is 1.00 e. The maximum absolute atomic E-state index is 8.52. The summed E-state index contributed by atoms with van der Waals surface area (Å²) in [6.45, 7) is 0. The average Bonchev–Trinajstić information content (AvgIpc) is 1.19. The summed E-state index contributed by atoms with van der Waals surface area (Å²) in [7, 11) is -5.17. The number of hydrogen-bond acceptors (Lipinski definition) is 6. The molecule has 0 aliphatic carbocycles. The molecule has 0 spiro atoms. The Labute approximate surface area is 106 Å². The first-order chi connectivity index (χ1) is 3.73. The van der Waals surface area contributed by atoms with Crippen LogP contribution in [0.3, 0.4) is 0 Å². The third-order valence-electron chi connectivity index (χ3n) is 0. The Morgan fingerprint density at radius 2 is 1.18 bits per heavy atom. The van der Waals surface area contributed by atoms with E-state index >= 15 is 0 Å². The van der Waals surface area contributed by atoms with Crippen molar-refractivity contribution in [1.82, 2.24) is 0 Å². The zero-order valence-electron chi connectivity index (χ0n) is 5.75. The molecule has 0 saturated carbocycles. The molecular formula is HNNa2O7S. The second-order valence-electron chi connectivity index (χ2n) is 0.646. The van der Waals surface area contributed by atoms with E-state index < -0.39 is 15.5 Å². The third kappa shape index (κ3) is 795. The summed E-state index contributed by atoms with van der Waals surface area (Å²) < 4.78 is 34.1. The summed E-state index contributed by atoms with van der Waals surface area (Å²) in [5, 5.41) is 13.6. The van der Waals surface area contributed by atoms with Gasteiger partial charge in [0.2, 0.25) is 0 Å². The van der Waals surface area contributed by atoms with Crippen LogP contribution in [0, 0.1) is 10.1 Å². The van der Waals surface area contributed by atoms with Crippen LogP contribution in [0.1, 0.15) is 0 Å². The van der Waals surface area contributed by atoms with Crippen molar-refractivity contribution >= 4 is 10.4 Å². The Hall–Kier alpha value is 1.07. The predicted molar refractivity (Wildman–Crippen MR) is 19.3 cm³/mol. The van der Waals surface area contributed by atoms with Crippen LogP contribution in [0.15, 0.2) is 0 Å². The molecule has 0 fully saturated rings. The first-order valence-electron chi connectivity index (χ1n) is 1.23. The van der Waals surface area contributed by atoms with Gasteiger partial charge < -0.3 is 14.3 Å². The van der Waals surface area contributed by atoms with Gasteiger partial charge >= 0.3 is 59.1 Å². The van der Waals surface area contributed by atoms with Gasteiger partial charge in [0.05, 0.1) is 0 Å². The topological polar surface area (TPSA) is 144 Å². The molecule has 0 saturated heterocycles. The molecule has 0 bridgehead atoms. The molecular weight excluding hydrogens is 204 g/mol. The van der Waals surface area contributed by atoms with Crippen molar-refractivity contribution in [1.29, 1.82) is 0 Å². The number of rotatable bonds is 0. The van der Waals surface area contributed by atoms with Gasteiger partial charge in [-0.1, -0.05) is 0 Å². The molecule has 0 atom stereocenters. The summed E-state index contributed by atoms with van der Waals surface area (Å²) in [6, 6.07) is 0. The minimum atomic E-state index is -5.17. The fraction of sp³-hybridized carbons (Fsp3) is 0. The molecule has 0 rings (SSSR count). The molecule has 11 heteroatoms. The van der Waals surface area contributed by atoms with E-state index in [0.29, 0.717) is 0 Å². The summed E-state index contributed by atoms with van der Waals surface area (Å²) in [5.41, 5.74) is 0. The predicted octanol–water partition coefficient (Wildman–Crippen LogP) is -7.68. The van der Waals surface area contributed by atoms with Crippen LogP contribution >= 0.6 is 0 Å². The van der Waals surface area contributed by atoms with Gasteiger partial charge in [0.15, 0.2) is 0 Å². The van der Waals surface area contributed by atoms with E-state index in [1.165, 1.54) is 0 Å². The van der Waals surface area contributed by atoms with Gasteiger partial charge in [-0.25, -0.2) is 0 Å². The van der Waals surface area contributed by atoms with E-state index in [1.807, 2.05) is 0 Å². The molecule has 0 aromatic carbocycles. The van der Waals surface area contributed by atoms with E-state index in [1.54, 1.807) is 0 Å². The van der Waals surface area contributed by atoms with E-state index in [9.17, 15) is 0 Å².